The number of nitrogens with one attached hydrogen (secondary N) is 1. The van der Waals surface area contributed by atoms with Gasteiger partial charge in [-0.3, -0.25) is 0 Å². The Morgan fingerprint density at radius 3 is 2.28 bits per heavy atom. The van der Waals surface area contributed by atoms with Gasteiger partial charge >= 0.3 is 0 Å². The highest BCUT2D eigenvalue weighted by atomic mass is 19.1. The Labute approximate surface area is 208 Å². The number of nitrogens with zero attached hydrogens (tertiary/aromatic N) is 1. The molecule has 1 N–H and O–H groups in total. The van der Waals surface area contributed by atoms with Crippen molar-refractivity contribution in [1.82, 2.24) is 0 Å². The van der Waals surface area contributed by atoms with E-state index < -0.39 is 0 Å². The summed E-state index contributed by atoms with van der Waals surface area (Å²) in [6.07, 6.45) is 1.56. The van der Waals surface area contributed by atoms with E-state index in [2.05, 4.69) is 52.7 Å². The van der Waals surface area contributed by atoms with Gasteiger partial charge in [-0.2, -0.15) is 0 Å². The lowest BCUT2D eigenvalue weighted by Crippen LogP contribution is -2.14. The second-order valence-corrected chi connectivity index (χ2v) is 9.52. The fourth-order valence-corrected chi connectivity index (χ4v) is 5.92. The van der Waals surface area contributed by atoms with Gasteiger partial charge in [0.05, 0.1) is 11.4 Å². The molecule has 6 aromatic carbocycles. The number of para-hydroxylation sites is 2. The number of halogens is 2. The van der Waals surface area contributed by atoms with Crippen LogP contribution in [0.2, 0.25) is 0 Å². The molecule has 0 saturated carbocycles. The normalized spacial score (nSPS) is 13.2. The molecule has 4 heteroatoms. The van der Waals surface area contributed by atoms with Crippen molar-refractivity contribution in [1.29, 1.82) is 0 Å². The molecule has 176 valence electrons. The summed E-state index contributed by atoms with van der Waals surface area (Å²) in [6.45, 7) is 2.78. The maximum atomic E-state index is 14.9. The molecule has 0 unspecified atom stereocenters. The predicted molar refractivity (Wildman–Crippen MR) is 146 cm³/mol. The minimum absolute atomic E-state index is 0.182. The van der Waals surface area contributed by atoms with E-state index in [1.807, 2.05) is 25.1 Å². The van der Waals surface area contributed by atoms with Crippen LogP contribution < -0.4 is 10.2 Å². The number of fused-ring (bicyclic) bond motifs is 1. The van der Waals surface area contributed by atoms with Crippen LogP contribution in [0.3, 0.4) is 0 Å². The lowest BCUT2D eigenvalue weighted by Gasteiger charge is -2.24. The summed E-state index contributed by atoms with van der Waals surface area (Å²) in [5.41, 5.74) is 5.09. The Morgan fingerprint density at radius 2 is 1.44 bits per heavy atom. The molecule has 36 heavy (non-hydrogen) atoms. The third kappa shape index (κ3) is 3.00. The summed E-state index contributed by atoms with van der Waals surface area (Å²) in [6, 6.07) is 27.4. The summed E-state index contributed by atoms with van der Waals surface area (Å²) in [5, 5.41) is 10.1. The Morgan fingerprint density at radius 1 is 0.750 bits per heavy atom. The second-order valence-electron chi connectivity index (χ2n) is 9.52. The number of benzene rings is 6. The van der Waals surface area contributed by atoms with Gasteiger partial charge in [-0.15, -0.1) is 0 Å². The van der Waals surface area contributed by atoms with Gasteiger partial charge in [0.25, 0.3) is 0 Å². The molecular formula is C32H24F2N2. The Hall–Kier alpha value is -4.18. The van der Waals surface area contributed by atoms with E-state index >= 15 is 0 Å². The number of hydrogen-bond acceptors (Lipinski definition) is 2. The molecule has 0 bridgehead atoms. The van der Waals surface area contributed by atoms with Crippen molar-refractivity contribution < 1.29 is 8.78 Å². The highest BCUT2D eigenvalue weighted by Gasteiger charge is 2.26. The van der Waals surface area contributed by atoms with Crippen LogP contribution >= 0.6 is 0 Å². The van der Waals surface area contributed by atoms with E-state index in [9.17, 15) is 8.78 Å². The molecule has 0 spiro atoms. The first-order valence-electron chi connectivity index (χ1n) is 12.4. The van der Waals surface area contributed by atoms with Gasteiger partial charge in [-0.25, -0.2) is 8.78 Å². The molecule has 1 heterocycles. The average Bonchev–Trinajstić information content (AvgIpc) is 3.34. The highest BCUT2D eigenvalue weighted by molar-refractivity contribution is 6.27. The topological polar surface area (TPSA) is 15.3 Å². The van der Waals surface area contributed by atoms with Gasteiger partial charge in [-0.05, 0) is 69.8 Å². The number of aryl methyl sites for hydroxylation is 1. The van der Waals surface area contributed by atoms with Gasteiger partial charge in [0.15, 0.2) is 0 Å². The Bertz CT molecular complexity index is 1790. The zero-order chi connectivity index (χ0) is 24.4. The highest BCUT2D eigenvalue weighted by Crippen LogP contribution is 2.45. The molecule has 0 fully saturated rings. The van der Waals surface area contributed by atoms with Crippen molar-refractivity contribution in [3.8, 4) is 0 Å². The number of anilines is 4. The zero-order valence-corrected chi connectivity index (χ0v) is 19.9. The van der Waals surface area contributed by atoms with Crippen LogP contribution in [0.1, 0.15) is 18.1 Å². The van der Waals surface area contributed by atoms with Crippen LogP contribution in [0.25, 0.3) is 32.3 Å². The quantitative estimate of drug-likeness (QED) is 0.257. The van der Waals surface area contributed by atoms with Gasteiger partial charge in [-0.1, -0.05) is 67.6 Å². The Balaban J connectivity index is 1.46. The SMILES string of the molecule is CCc1cccc(F)c1Nc1ccc2ccc3c(N4CCc5cccc(F)c54)ccc4ccc1c2c43. The van der Waals surface area contributed by atoms with Gasteiger partial charge in [0, 0.05) is 28.7 Å². The molecule has 0 atom stereocenters. The summed E-state index contributed by atoms with van der Waals surface area (Å²) in [4.78, 5) is 2.11. The first-order chi connectivity index (χ1) is 17.6. The number of hydrogen-bond donors (Lipinski definition) is 1. The molecule has 7 rings (SSSR count). The lowest BCUT2D eigenvalue weighted by molar-refractivity contribution is 0.628. The van der Waals surface area contributed by atoms with Crippen molar-refractivity contribution in [2.45, 2.75) is 19.8 Å². The molecule has 0 saturated heterocycles. The molecule has 0 aliphatic carbocycles. The summed E-state index contributed by atoms with van der Waals surface area (Å²) >= 11 is 0. The molecular weight excluding hydrogens is 450 g/mol. The summed E-state index contributed by atoms with van der Waals surface area (Å²) in [7, 11) is 0. The summed E-state index contributed by atoms with van der Waals surface area (Å²) < 4.78 is 29.7. The molecule has 2 nitrogen and oxygen atoms in total. The van der Waals surface area contributed by atoms with Crippen molar-refractivity contribution in [3.63, 3.8) is 0 Å². The minimum Gasteiger partial charge on any atom is -0.352 e. The van der Waals surface area contributed by atoms with E-state index in [-0.39, 0.29) is 11.6 Å². The zero-order valence-electron chi connectivity index (χ0n) is 19.9. The minimum atomic E-state index is -0.253. The molecule has 6 aromatic rings. The van der Waals surface area contributed by atoms with Gasteiger partial charge in [0.1, 0.15) is 11.6 Å². The third-order valence-electron chi connectivity index (χ3n) is 7.62. The van der Waals surface area contributed by atoms with Crippen molar-refractivity contribution in [2.75, 3.05) is 16.8 Å². The van der Waals surface area contributed by atoms with Crippen molar-refractivity contribution in [2.24, 2.45) is 0 Å². The van der Waals surface area contributed by atoms with Crippen molar-refractivity contribution in [3.05, 3.63) is 108 Å². The van der Waals surface area contributed by atoms with Gasteiger partial charge in [0.2, 0.25) is 0 Å². The maximum absolute atomic E-state index is 14.9. The van der Waals surface area contributed by atoms with E-state index in [1.54, 1.807) is 12.1 Å². The van der Waals surface area contributed by atoms with E-state index in [1.165, 1.54) is 12.1 Å². The smallest absolute Gasteiger partial charge is 0.147 e. The summed E-state index contributed by atoms with van der Waals surface area (Å²) in [5.74, 6) is -0.434. The van der Waals surface area contributed by atoms with Crippen LogP contribution in [0, 0.1) is 11.6 Å². The first-order valence-corrected chi connectivity index (χ1v) is 12.4. The predicted octanol–water partition coefficient (Wildman–Crippen LogP) is 8.86. The monoisotopic (exact) mass is 474 g/mol. The van der Waals surface area contributed by atoms with Crippen LogP contribution in [0.5, 0.6) is 0 Å². The molecule has 0 amide bonds. The van der Waals surface area contributed by atoms with E-state index in [4.69, 9.17) is 0 Å². The lowest BCUT2D eigenvalue weighted by atomic mass is 9.92. The number of rotatable bonds is 4. The fraction of sp³-hybridized carbons (Fsp3) is 0.125. The average molecular weight is 475 g/mol. The molecule has 1 aliphatic heterocycles. The largest absolute Gasteiger partial charge is 0.352 e. The van der Waals surface area contributed by atoms with Crippen molar-refractivity contribution >= 4 is 55.1 Å². The van der Waals surface area contributed by atoms with E-state index in [0.29, 0.717) is 11.4 Å². The maximum Gasteiger partial charge on any atom is 0.147 e. The third-order valence-corrected chi connectivity index (χ3v) is 7.62. The van der Waals surface area contributed by atoms with Crippen LogP contribution in [0.4, 0.5) is 31.5 Å². The fourth-order valence-electron chi connectivity index (χ4n) is 5.92. The standard InChI is InChI=1S/C32H24F2N2/c1-2-19-5-3-7-25(33)31(19)35-27-15-11-20-10-14-24-28(16-12-21-9-13-23(27)29(20)30(21)24)36-18-17-22-6-4-8-26(34)32(22)36/h3-16,35H,2,17-18H2,1H3. The Kier molecular flexibility index (Phi) is 4.65. The first kappa shape index (κ1) is 21.1. The second kappa shape index (κ2) is 7.92. The van der Waals surface area contributed by atoms with Crippen LogP contribution in [-0.2, 0) is 12.8 Å². The molecule has 0 radical (unpaired) electrons. The van der Waals surface area contributed by atoms with Crippen LogP contribution in [-0.4, -0.2) is 6.54 Å². The molecule has 0 aromatic heterocycles. The van der Waals surface area contributed by atoms with Crippen LogP contribution in [0.15, 0.2) is 84.9 Å². The van der Waals surface area contributed by atoms with E-state index in [0.717, 1.165) is 74.2 Å². The molecule has 1 aliphatic rings. The van der Waals surface area contributed by atoms with Gasteiger partial charge < -0.3 is 10.2 Å².